The molecule has 0 aromatic heterocycles. The zero-order valence-corrected chi connectivity index (χ0v) is 12.6. The van der Waals surface area contributed by atoms with Crippen LogP contribution in [0.4, 0.5) is 5.69 Å². The van der Waals surface area contributed by atoms with Crippen LogP contribution in [0.3, 0.4) is 0 Å². The van der Waals surface area contributed by atoms with Gasteiger partial charge in [0.15, 0.2) is 0 Å². The van der Waals surface area contributed by atoms with E-state index in [-0.39, 0.29) is 0 Å². The standard InChI is InChI=1S/C18H21NO2/c1-20-17-10-16(11-18(12-17)21-2)19-15-8-7-13-5-3-4-6-14(13)9-15/h3-6,10-12,15,19H,7-9H2,1-2H3. The fourth-order valence-corrected chi connectivity index (χ4v) is 2.95. The van der Waals surface area contributed by atoms with Crippen LogP contribution in [0.1, 0.15) is 17.5 Å². The van der Waals surface area contributed by atoms with Crippen LogP contribution in [0.2, 0.25) is 0 Å². The summed E-state index contributed by atoms with van der Waals surface area (Å²) in [4.78, 5) is 0. The highest BCUT2D eigenvalue weighted by molar-refractivity contribution is 5.54. The lowest BCUT2D eigenvalue weighted by Crippen LogP contribution is -2.27. The van der Waals surface area contributed by atoms with Gasteiger partial charge >= 0.3 is 0 Å². The summed E-state index contributed by atoms with van der Waals surface area (Å²) in [6.07, 6.45) is 3.35. The molecule has 0 spiro atoms. The zero-order valence-electron chi connectivity index (χ0n) is 12.6. The van der Waals surface area contributed by atoms with Crippen molar-refractivity contribution >= 4 is 5.69 Å². The summed E-state index contributed by atoms with van der Waals surface area (Å²) in [7, 11) is 3.35. The van der Waals surface area contributed by atoms with E-state index >= 15 is 0 Å². The summed E-state index contributed by atoms with van der Waals surface area (Å²) in [5.74, 6) is 1.63. The summed E-state index contributed by atoms with van der Waals surface area (Å²) in [6, 6.07) is 15.1. The number of hydrogen-bond acceptors (Lipinski definition) is 3. The van der Waals surface area contributed by atoms with Crippen LogP contribution < -0.4 is 14.8 Å². The van der Waals surface area contributed by atoms with Gasteiger partial charge in [-0.3, -0.25) is 0 Å². The minimum Gasteiger partial charge on any atom is -0.497 e. The molecule has 2 aromatic carbocycles. The molecule has 1 atom stereocenters. The summed E-state index contributed by atoms with van der Waals surface area (Å²) in [5, 5.41) is 3.61. The lowest BCUT2D eigenvalue weighted by atomic mass is 9.88. The smallest absolute Gasteiger partial charge is 0.124 e. The summed E-state index contributed by atoms with van der Waals surface area (Å²) >= 11 is 0. The molecule has 1 N–H and O–H groups in total. The first-order valence-corrected chi connectivity index (χ1v) is 7.35. The molecule has 3 heteroatoms. The number of methoxy groups -OCH3 is 2. The third kappa shape index (κ3) is 3.13. The van der Waals surface area contributed by atoms with Crippen molar-refractivity contribution in [2.45, 2.75) is 25.3 Å². The highest BCUT2D eigenvalue weighted by Crippen LogP contribution is 2.28. The quantitative estimate of drug-likeness (QED) is 0.928. The van der Waals surface area contributed by atoms with Crippen molar-refractivity contribution < 1.29 is 9.47 Å². The van der Waals surface area contributed by atoms with Crippen LogP contribution in [-0.4, -0.2) is 20.3 Å². The number of fused-ring (bicyclic) bond motifs is 1. The molecule has 0 amide bonds. The number of aryl methyl sites for hydroxylation is 1. The normalized spacial score (nSPS) is 17.0. The van der Waals surface area contributed by atoms with E-state index in [1.54, 1.807) is 14.2 Å². The Hall–Kier alpha value is -2.16. The van der Waals surface area contributed by atoms with Gasteiger partial charge in [0.2, 0.25) is 0 Å². The molecule has 0 saturated heterocycles. The van der Waals surface area contributed by atoms with Crippen LogP contribution in [0, 0.1) is 0 Å². The van der Waals surface area contributed by atoms with Crippen LogP contribution in [0.25, 0.3) is 0 Å². The number of benzene rings is 2. The van der Waals surface area contributed by atoms with Gasteiger partial charge in [0.1, 0.15) is 11.5 Å². The van der Waals surface area contributed by atoms with Crippen molar-refractivity contribution in [3.63, 3.8) is 0 Å². The van der Waals surface area contributed by atoms with E-state index in [4.69, 9.17) is 9.47 Å². The molecule has 0 aliphatic heterocycles. The topological polar surface area (TPSA) is 30.5 Å². The molecule has 1 aliphatic rings. The monoisotopic (exact) mass is 283 g/mol. The Morgan fingerprint density at radius 1 is 0.952 bits per heavy atom. The third-order valence-corrected chi connectivity index (χ3v) is 4.07. The van der Waals surface area contributed by atoms with Crippen molar-refractivity contribution in [1.29, 1.82) is 0 Å². The summed E-state index contributed by atoms with van der Waals surface area (Å²) < 4.78 is 10.6. The molecule has 3 nitrogen and oxygen atoms in total. The number of anilines is 1. The zero-order chi connectivity index (χ0) is 14.7. The Labute approximate surface area is 125 Å². The highest BCUT2D eigenvalue weighted by atomic mass is 16.5. The van der Waals surface area contributed by atoms with Crippen molar-refractivity contribution in [3.05, 3.63) is 53.6 Å². The van der Waals surface area contributed by atoms with Gasteiger partial charge in [-0.05, 0) is 30.4 Å². The van der Waals surface area contributed by atoms with Gasteiger partial charge in [0.25, 0.3) is 0 Å². The van der Waals surface area contributed by atoms with Gasteiger partial charge in [-0.15, -0.1) is 0 Å². The van der Waals surface area contributed by atoms with E-state index in [2.05, 4.69) is 29.6 Å². The first kappa shape index (κ1) is 13.8. The predicted octanol–water partition coefficient (Wildman–Crippen LogP) is 3.67. The van der Waals surface area contributed by atoms with Crippen LogP contribution in [0.5, 0.6) is 11.5 Å². The maximum Gasteiger partial charge on any atom is 0.124 e. The number of ether oxygens (including phenoxy) is 2. The Kier molecular flexibility index (Phi) is 4.00. The van der Waals surface area contributed by atoms with E-state index in [1.165, 1.54) is 11.1 Å². The molecule has 1 aliphatic carbocycles. The minimum atomic E-state index is 0.455. The minimum absolute atomic E-state index is 0.455. The fraction of sp³-hybridized carbons (Fsp3) is 0.333. The molecular formula is C18H21NO2. The highest BCUT2D eigenvalue weighted by Gasteiger charge is 2.18. The number of rotatable bonds is 4. The molecule has 0 fully saturated rings. The van der Waals surface area contributed by atoms with Crippen LogP contribution in [0.15, 0.2) is 42.5 Å². The average molecular weight is 283 g/mol. The van der Waals surface area contributed by atoms with Gasteiger partial charge < -0.3 is 14.8 Å². The molecule has 3 rings (SSSR count). The SMILES string of the molecule is COc1cc(NC2CCc3ccccc3C2)cc(OC)c1. The molecule has 0 saturated carbocycles. The molecule has 0 heterocycles. The Balaban J connectivity index is 1.76. The van der Waals surface area contributed by atoms with E-state index < -0.39 is 0 Å². The fourth-order valence-electron chi connectivity index (χ4n) is 2.95. The summed E-state index contributed by atoms with van der Waals surface area (Å²) in [6.45, 7) is 0. The Morgan fingerprint density at radius 2 is 1.62 bits per heavy atom. The maximum absolute atomic E-state index is 5.32. The Morgan fingerprint density at radius 3 is 2.29 bits per heavy atom. The van der Waals surface area contributed by atoms with E-state index in [0.29, 0.717) is 6.04 Å². The molecule has 2 aromatic rings. The van der Waals surface area contributed by atoms with Crippen molar-refractivity contribution in [2.24, 2.45) is 0 Å². The van der Waals surface area contributed by atoms with E-state index in [9.17, 15) is 0 Å². The molecule has 1 unspecified atom stereocenters. The Bertz CT molecular complexity index is 602. The van der Waals surface area contributed by atoms with E-state index in [1.807, 2.05) is 18.2 Å². The van der Waals surface area contributed by atoms with Gasteiger partial charge in [-0.2, -0.15) is 0 Å². The number of nitrogens with one attached hydrogen (secondary N) is 1. The van der Waals surface area contributed by atoms with Crippen molar-refractivity contribution in [3.8, 4) is 11.5 Å². The first-order valence-electron chi connectivity index (χ1n) is 7.35. The predicted molar refractivity (Wildman–Crippen MR) is 85.4 cm³/mol. The van der Waals surface area contributed by atoms with Crippen LogP contribution >= 0.6 is 0 Å². The summed E-state index contributed by atoms with van der Waals surface area (Å²) in [5.41, 5.74) is 3.99. The number of hydrogen-bond donors (Lipinski definition) is 1. The van der Waals surface area contributed by atoms with Crippen molar-refractivity contribution in [2.75, 3.05) is 19.5 Å². The molecule has 0 radical (unpaired) electrons. The van der Waals surface area contributed by atoms with Gasteiger partial charge in [0.05, 0.1) is 14.2 Å². The lowest BCUT2D eigenvalue weighted by molar-refractivity contribution is 0.394. The molecule has 21 heavy (non-hydrogen) atoms. The van der Waals surface area contributed by atoms with Crippen molar-refractivity contribution in [1.82, 2.24) is 0 Å². The van der Waals surface area contributed by atoms with Gasteiger partial charge in [-0.25, -0.2) is 0 Å². The van der Waals surface area contributed by atoms with Gasteiger partial charge in [0, 0.05) is 29.9 Å². The van der Waals surface area contributed by atoms with E-state index in [0.717, 1.165) is 36.4 Å². The first-order chi connectivity index (χ1) is 10.3. The largest absolute Gasteiger partial charge is 0.497 e. The second-order valence-corrected chi connectivity index (χ2v) is 5.45. The van der Waals surface area contributed by atoms with Gasteiger partial charge in [-0.1, -0.05) is 24.3 Å². The third-order valence-electron chi connectivity index (χ3n) is 4.07. The maximum atomic E-state index is 5.32. The lowest BCUT2D eigenvalue weighted by Gasteiger charge is -2.26. The second kappa shape index (κ2) is 6.08. The average Bonchev–Trinajstić information content (AvgIpc) is 2.54. The molecular weight excluding hydrogens is 262 g/mol. The second-order valence-electron chi connectivity index (χ2n) is 5.45. The van der Waals surface area contributed by atoms with Crippen LogP contribution in [-0.2, 0) is 12.8 Å². The molecule has 110 valence electrons. The molecule has 0 bridgehead atoms.